The molecule has 0 N–H and O–H groups in total. The predicted molar refractivity (Wildman–Crippen MR) is 68.7 cm³/mol. The van der Waals surface area contributed by atoms with E-state index in [2.05, 4.69) is 51.0 Å². The minimum atomic E-state index is 0.572. The van der Waals surface area contributed by atoms with E-state index in [1.165, 1.54) is 19.3 Å². The highest BCUT2D eigenvalue weighted by Gasteiger charge is 2.26. The van der Waals surface area contributed by atoms with Crippen molar-refractivity contribution in [3.8, 4) is 0 Å². The minimum Gasteiger partial charge on any atom is -0.249 e. The van der Waals surface area contributed by atoms with Crippen molar-refractivity contribution in [2.24, 2.45) is 11.8 Å². The van der Waals surface area contributed by atoms with Crippen LogP contribution in [0.15, 0.2) is 6.20 Å². The largest absolute Gasteiger partial charge is 0.249 e. The van der Waals surface area contributed by atoms with Crippen LogP contribution in [-0.2, 0) is 6.42 Å². The van der Waals surface area contributed by atoms with Crippen molar-refractivity contribution in [3.05, 3.63) is 11.9 Å². The molecule has 2 rings (SSSR count). The number of aromatic nitrogens is 3. The zero-order valence-corrected chi connectivity index (χ0v) is 11.7. The zero-order valence-electron chi connectivity index (χ0n) is 10.1. The molecule has 3 unspecified atom stereocenters. The summed E-state index contributed by atoms with van der Waals surface area (Å²) in [7, 11) is 0. The van der Waals surface area contributed by atoms with Gasteiger partial charge in [-0.2, -0.15) is 0 Å². The highest BCUT2D eigenvalue weighted by molar-refractivity contribution is 9.09. The van der Waals surface area contributed by atoms with Crippen LogP contribution in [0.4, 0.5) is 0 Å². The fourth-order valence-electron chi connectivity index (χ4n) is 2.46. The molecule has 1 heterocycles. The maximum Gasteiger partial charge on any atom is 0.0835 e. The smallest absolute Gasteiger partial charge is 0.0835 e. The van der Waals surface area contributed by atoms with Gasteiger partial charge in [0.1, 0.15) is 0 Å². The van der Waals surface area contributed by atoms with Gasteiger partial charge in [-0.3, -0.25) is 0 Å². The third kappa shape index (κ3) is 2.65. The van der Waals surface area contributed by atoms with E-state index in [1.807, 2.05) is 0 Å². The van der Waals surface area contributed by atoms with E-state index < -0.39 is 0 Å². The molecule has 4 heteroatoms. The van der Waals surface area contributed by atoms with Crippen molar-refractivity contribution < 1.29 is 0 Å². The zero-order chi connectivity index (χ0) is 11.5. The second kappa shape index (κ2) is 5.30. The Kier molecular flexibility index (Phi) is 4.00. The van der Waals surface area contributed by atoms with Crippen LogP contribution in [0.25, 0.3) is 0 Å². The maximum atomic E-state index is 4.26. The van der Waals surface area contributed by atoms with Crippen LogP contribution in [0.1, 0.15) is 44.8 Å². The Morgan fingerprint density at radius 1 is 1.38 bits per heavy atom. The highest BCUT2D eigenvalue weighted by atomic mass is 79.9. The molecule has 1 fully saturated rings. The molecule has 0 aliphatic heterocycles. The number of rotatable bonds is 3. The molecule has 3 atom stereocenters. The molecule has 1 saturated carbocycles. The second-order valence-electron chi connectivity index (χ2n) is 5.05. The summed E-state index contributed by atoms with van der Waals surface area (Å²) in [5.74, 6) is 1.67. The first kappa shape index (κ1) is 12.1. The molecule has 1 aromatic heterocycles. The van der Waals surface area contributed by atoms with E-state index in [0.29, 0.717) is 6.04 Å². The van der Waals surface area contributed by atoms with E-state index in [0.717, 1.165) is 29.3 Å². The lowest BCUT2D eigenvalue weighted by Crippen LogP contribution is -2.23. The lowest BCUT2D eigenvalue weighted by atomic mass is 9.79. The Balaban J connectivity index is 2.01. The van der Waals surface area contributed by atoms with Crippen molar-refractivity contribution in [3.63, 3.8) is 0 Å². The van der Waals surface area contributed by atoms with Gasteiger partial charge in [0.25, 0.3) is 0 Å². The molecular formula is C12H20BrN3. The molecule has 0 bridgehead atoms. The molecular weight excluding hydrogens is 266 g/mol. The SMILES string of the molecule is CC1CCC(n2cc(CCBr)nn2)CC1C. The summed E-state index contributed by atoms with van der Waals surface area (Å²) in [4.78, 5) is 0. The van der Waals surface area contributed by atoms with Crippen LogP contribution in [0.3, 0.4) is 0 Å². The molecule has 0 spiro atoms. The van der Waals surface area contributed by atoms with E-state index in [-0.39, 0.29) is 0 Å². The number of halogens is 1. The van der Waals surface area contributed by atoms with E-state index >= 15 is 0 Å². The third-order valence-electron chi connectivity index (χ3n) is 3.85. The summed E-state index contributed by atoms with van der Waals surface area (Å²) in [5, 5.41) is 9.43. The van der Waals surface area contributed by atoms with Gasteiger partial charge in [-0.1, -0.05) is 35.0 Å². The summed E-state index contributed by atoms with van der Waals surface area (Å²) in [6.07, 6.45) is 6.91. The summed E-state index contributed by atoms with van der Waals surface area (Å²) < 4.78 is 2.08. The molecule has 1 aliphatic rings. The minimum absolute atomic E-state index is 0.572. The Morgan fingerprint density at radius 2 is 2.19 bits per heavy atom. The standard InChI is InChI=1S/C12H20BrN3/c1-9-3-4-12(7-10(9)2)16-8-11(5-6-13)14-15-16/h8-10,12H,3-7H2,1-2H3. The average molecular weight is 286 g/mol. The molecule has 0 radical (unpaired) electrons. The molecule has 0 saturated heterocycles. The van der Waals surface area contributed by atoms with Gasteiger partial charge in [0.05, 0.1) is 11.7 Å². The molecule has 3 nitrogen and oxygen atoms in total. The van der Waals surface area contributed by atoms with E-state index in [1.54, 1.807) is 0 Å². The number of aryl methyl sites for hydroxylation is 1. The monoisotopic (exact) mass is 285 g/mol. The molecule has 1 aromatic rings. The molecule has 90 valence electrons. The van der Waals surface area contributed by atoms with Crippen LogP contribution in [0.2, 0.25) is 0 Å². The van der Waals surface area contributed by atoms with Crippen LogP contribution < -0.4 is 0 Å². The molecule has 0 aromatic carbocycles. The summed E-state index contributed by atoms with van der Waals surface area (Å²) >= 11 is 3.43. The predicted octanol–water partition coefficient (Wildman–Crippen LogP) is 3.21. The van der Waals surface area contributed by atoms with Gasteiger partial charge in [0.2, 0.25) is 0 Å². The molecule has 0 amide bonds. The summed E-state index contributed by atoms with van der Waals surface area (Å²) in [5.41, 5.74) is 1.10. The number of hydrogen-bond donors (Lipinski definition) is 0. The quantitative estimate of drug-likeness (QED) is 0.799. The van der Waals surface area contributed by atoms with Crippen LogP contribution in [-0.4, -0.2) is 20.3 Å². The fraction of sp³-hybridized carbons (Fsp3) is 0.833. The van der Waals surface area contributed by atoms with E-state index in [9.17, 15) is 0 Å². The summed E-state index contributed by atoms with van der Waals surface area (Å²) in [6, 6.07) is 0.572. The number of hydrogen-bond acceptors (Lipinski definition) is 2. The van der Waals surface area contributed by atoms with Crippen molar-refractivity contribution in [1.82, 2.24) is 15.0 Å². The van der Waals surface area contributed by atoms with Crippen LogP contribution >= 0.6 is 15.9 Å². The van der Waals surface area contributed by atoms with Crippen molar-refractivity contribution >= 4 is 15.9 Å². The Labute approximate surface area is 106 Å². The Hall–Kier alpha value is -0.380. The average Bonchev–Trinajstić information content (AvgIpc) is 2.71. The maximum absolute atomic E-state index is 4.26. The van der Waals surface area contributed by atoms with Gasteiger partial charge in [-0.25, -0.2) is 4.68 Å². The van der Waals surface area contributed by atoms with Gasteiger partial charge in [-0.05, 0) is 31.1 Å². The van der Waals surface area contributed by atoms with Gasteiger partial charge < -0.3 is 0 Å². The number of nitrogens with zero attached hydrogens (tertiary/aromatic N) is 3. The summed E-state index contributed by atoms with van der Waals surface area (Å²) in [6.45, 7) is 4.71. The molecule has 1 aliphatic carbocycles. The van der Waals surface area contributed by atoms with Crippen molar-refractivity contribution in [1.29, 1.82) is 0 Å². The van der Waals surface area contributed by atoms with Gasteiger partial charge in [0.15, 0.2) is 0 Å². The molecule has 16 heavy (non-hydrogen) atoms. The van der Waals surface area contributed by atoms with Gasteiger partial charge >= 0.3 is 0 Å². The second-order valence-corrected chi connectivity index (χ2v) is 5.84. The Morgan fingerprint density at radius 3 is 2.88 bits per heavy atom. The van der Waals surface area contributed by atoms with E-state index in [4.69, 9.17) is 0 Å². The van der Waals surface area contributed by atoms with Gasteiger partial charge in [0, 0.05) is 17.9 Å². The first-order valence-corrected chi connectivity index (χ1v) is 7.29. The fourth-order valence-corrected chi connectivity index (χ4v) is 2.87. The number of alkyl halides is 1. The highest BCUT2D eigenvalue weighted by Crippen LogP contribution is 2.35. The first-order valence-electron chi connectivity index (χ1n) is 6.17. The van der Waals surface area contributed by atoms with Gasteiger partial charge in [-0.15, -0.1) is 5.10 Å². The third-order valence-corrected chi connectivity index (χ3v) is 4.25. The lowest BCUT2D eigenvalue weighted by Gasteiger charge is -2.31. The van der Waals surface area contributed by atoms with Crippen molar-refractivity contribution in [2.75, 3.05) is 5.33 Å². The van der Waals surface area contributed by atoms with Crippen LogP contribution in [0.5, 0.6) is 0 Å². The lowest BCUT2D eigenvalue weighted by molar-refractivity contribution is 0.199. The van der Waals surface area contributed by atoms with Crippen LogP contribution in [0, 0.1) is 11.8 Å². The topological polar surface area (TPSA) is 30.7 Å². The van der Waals surface area contributed by atoms with Crippen molar-refractivity contribution in [2.45, 2.75) is 45.6 Å². The first-order chi connectivity index (χ1) is 7.70. The normalized spacial score (nSPS) is 30.6. The Bertz CT molecular complexity index is 337.